The van der Waals surface area contributed by atoms with Gasteiger partial charge in [-0.2, -0.15) is 0 Å². The molecule has 0 saturated carbocycles. The standard InChI is InChI=1S/C15H11N3/c1-2-6-12(7-3-1)15-17-10-13(11-18-15)14-8-4-5-9-16-14/h1-11H. The number of hydrogen-bond donors (Lipinski definition) is 0. The van der Waals surface area contributed by atoms with Gasteiger partial charge in [-0.3, -0.25) is 4.98 Å². The molecule has 0 amide bonds. The Morgan fingerprint density at radius 2 is 1.33 bits per heavy atom. The molecule has 2 aromatic heterocycles. The molecule has 0 aliphatic rings. The topological polar surface area (TPSA) is 38.7 Å². The van der Waals surface area contributed by atoms with E-state index in [0.29, 0.717) is 0 Å². The molecule has 3 heteroatoms. The molecule has 0 unspecified atom stereocenters. The molecule has 0 spiro atoms. The van der Waals surface area contributed by atoms with Crippen molar-refractivity contribution in [1.82, 2.24) is 15.0 Å². The fourth-order valence-electron chi connectivity index (χ4n) is 1.73. The fraction of sp³-hybridized carbons (Fsp3) is 0. The lowest BCUT2D eigenvalue weighted by Gasteiger charge is -2.02. The highest BCUT2D eigenvalue weighted by Gasteiger charge is 2.02. The predicted molar refractivity (Wildman–Crippen MR) is 70.7 cm³/mol. The summed E-state index contributed by atoms with van der Waals surface area (Å²) in [5, 5.41) is 0. The molecule has 0 aliphatic heterocycles. The molecular formula is C15H11N3. The summed E-state index contributed by atoms with van der Waals surface area (Å²) in [6, 6.07) is 15.7. The molecule has 0 radical (unpaired) electrons. The van der Waals surface area contributed by atoms with E-state index in [1.807, 2.05) is 48.5 Å². The molecule has 0 fully saturated rings. The van der Waals surface area contributed by atoms with E-state index in [0.717, 1.165) is 22.6 Å². The summed E-state index contributed by atoms with van der Waals surface area (Å²) in [5.41, 5.74) is 2.83. The van der Waals surface area contributed by atoms with Crippen LogP contribution in [0.1, 0.15) is 0 Å². The van der Waals surface area contributed by atoms with Crippen LogP contribution >= 0.6 is 0 Å². The van der Waals surface area contributed by atoms with E-state index >= 15 is 0 Å². The third-order valence-electron chi connectivity index (χ3n) is 2.64. The van der Waals surface area contributed by atoms with Gasteiger partial charge in [-0.1, -0.05) is 36.4 Å². The maximum atomic E-state index is 4.37. The van der Waals surface area contributed by atoms with Gasteiger partial charge in [0, 0.05) is 29.7 Å². The summed E-state index contributed by atoms with van der Waals surface area (Å²) in [7, 11) is 0. The Bertz CT molecular complexity index is 560. The molecule has 3 nitrogen and oxygen atoms in total. The molecule has 3 aromatic rings. The lowest BCUT2D eigenvalue weighted by molar-refractivity contribution is 1.17. The first-order valence-corrected chi connectivity index (χ1v) is 5.72. The Labute approximate surface area is 105 Å². The van der Waals surface area contributed by atoms with Gasteiger partial charge in [0.15, 0.2) is 5.82 Å². The minimum Gasteiger partial charge on any atom is -0.256 e. The number of rotatable bonds is 2. The second-order valence-electron chi connectivity index (χ2n) is 3.88. The number of nitrogens with zero attached hydrogens (tertiary/aromatic N) is 3. The summed E-state index contributed by atoms with van der Waals surface area (Å²) in [6.07, 6.45) is 5.37. The molecule has 0 N–H and O–H groups in total. The van der Waals surface area contributed by atoms with Crippen molar-refractivity contribution in [3.05, 3.63) is 67.1 Å². The van der Waals surface area contributed by atoms with Crippen molar-refractivity contribution in [2.24, 2.45) is 0 Å². The second-order valence-corrected chi connectivity index (χ2v) is 3.88. The Kier molecular flexibility index (Phi) is 2.80. The maximum Gasteiger partial charge on any atom is 0.159 e. The first-order valence-electron chi connectivity index (χ1n) is 5.72. The van der Waals surface area contributed by atoms with Crippen LogP contribution in [0.5, 0.6) is 0 Å². The van der Waals surface area contributed by atoms with Crippen molar-refractivity contribution in [2.45, 2.75) is 0 Å². The van der Waals surface area contributed by atoms with Gasteiger partial charge < -0.3 is 0 Å². The van der Waals surface area contributed by atoms with Gasteiger partial charge in [-0.25, -0.2) is 9.97 Å². The van der Waals surface area contributed by atoms with Gasteiger partial charge in [-0.15, -0.1) is 0 Å². The minimum absolute atomic E-state index is 0.732. The van der Waals surface area contributed by atoms with E-state index in [1.165, 1.54) is 0 Å². The van der Waals surface area contributed by atoms with Crippen molar-refractivity contribution < 1.29 is 0 Å². The SMILES string of the molecule is c1ccc(-c2ncc(-c3ccccn3)cn2)cc1. The highest BCUT2D eigenvalue weighted by molar-refractivity contribution is 5.60. The van der Waals surface area contributed by atoms with E-state index in [-0.39, 0.29) is 0 Å². The molecule has 1 aromatic carbocycles. The van der Waals surface area contributed by atoms with Crippen LogP contribution in [0.15, 0.2) is 67.1 Å². The molecule has 86 valence electrons. The summed E-state index contributed by atoms with van der Waals surface area (Å²) < 4.78 is 0. The van der Waals surface area contributed by atoms with Gasteiger partial charge in [0.1, 0.15) is 0 Å². The number of pyridine rings is 1. The van der Waals surface area contributed by atoms with Gasteiger partial charge in [-0.05, 0) is 12.1 Å². The maximum absolute atomic E-state index is 4.37. The van der Waals surface area contributed by atoms with Crippen LogP contribution in [0.4, 0.5) is 0 Å². The molecule has 0 atom stereocenters. The highest BCUT2D eigenvalue weighted by Crippen LogP contribution is 2.17. The van der Waals surface area contributed by atoms with E-state index in [9.17, 15) is 0 Å². The predicted octanol–water partition coefficient (Wildman–Crippen LogP) is 3.21. The van der Waals surface area contributed by atoms with E-state index in [4.69, 9.17) is 0 Å². The van der Waals surface area contributed by atoms with Crippen molar-refractivity contribution in [2.75, 3.05) is 0 Å². The smallest absolute Gasteiger partial charge is 0.159 e. The Hall–Kier alpha value is -2.55. The van der Waals surface area contributed by atoms with Crippen LogP contribution in [0.3, 0.4) is 0 Å². The lowest BCUT2D eigenvalue weighted by Crippen LogP contribution is -1.90. The zero-order valence-electron chi connectivity index (χ0n) is 9.69. The van der Waals surface area contributed by atoms with Gasteiger partial charge in [0.25, 0.3) is 0 Å². The molecule has 0 bridgehead atoms. The average molecular weight is 233 g/mol. The minimum atomic E-state index is 0.732. The summed E-state index contributed by atoms with van der Waals surface area (Å²) in [4.78, 5) is 13.0. The average Bonchev–Trinajstić information content (AvgIpc) is 2.49. The largest absolute Gasteiger partial charge is 0.256 e. The van der Waals surface area contributed by atoms with Crippen molar-refractivity contribution in [3.63, 3.8) is 0 Å². The first-order chi connectivity index (χ1) is 8.93. The Morgan fingerprint density at radius 3 is 2.00 bits per heavy atom. The number of hydrogen-bond acceptors (Lipinski definition) is 3. The number of benzene rings is 1. The van der Waals surface area contributed by atoms with Crippen LogP contribution < -0.4 is 0 Å². The molecule has 3 rings (SSSR count). The van der Waals surface area contributed by atoms with Crippen LogP contribution in [-0.4, -0.2) is 15.0 Å². The Balaban J connectivity index is 1.95. The van der Waals surface area contributed by atoms with Crippen LogP contribution in [-0.2, 0) is 0 Å². The van der Waals surface area contributed by atoms with E-state index in [1.54, 1.807) is 18.6 Å². The molecule has 0 saturated heterocycles. The van der Waals surface area contributed by atoms with E-state index < -0.39 is 0 Å². The normalized spacial score (nSPS) is 10.2. The van der Waals surface area contributed by atoms with Crippen molar-refractivity contribution in [3.8, 4) is 22.6 Å². The molecule has 2 heterocycles. The fourth-order valence-corrected chi connectivity index (χ4v) is 1.73. The molecular weight excluding hydrogens is 222 g/mol. The Morgan fingerprint density at radius 1 is 0.611 bits per heavy atom. The quantitative estimate of drug-likeness (QED) is 0.682. The summed E-state index contributed by atoms with van der Waals surface area (Å²) in [6.45, 7) is 0. The monoisotopic (exact) mass is 233 g/mol. The second kappa shape index (κ2) is 4.75. The van der Waals surface area contributed by atoms with Gasteiger partial charge >= 0.3 is 0 Å². The van der Waals surface area contributed by atoms with Gasteiger partial charge in [0.05, 0.1) is 5.69 Å². The summed E-state index contributed by atoms with van der Waals surface area (Å²) >= 11 is 0. The third-order valence-corrected chi connectivity index (χ3v) is 2.64. The van der Waals surface area contributed by atoms with Crippen LogP contribution in [0.2, 0.25) is 0 Å². The first kappa shape index (κ1) is 10.6. The summed E-state index contributed by atoms with van der Waals surface area (Å²) in [5.74, 6) is 0.732. The zero-order valence-corrected chi connectivity index (χ0v) is 9.69. The van der Waals surface area contributed by atoms with E-state index in [2.05, 4.69) is 15.0 Å². The highest BCUT2D eigenvalue weighted by atomic mass is 14.9. The third kappa shape index (κ3) is 2.11. The molecule has 18 heavy (non-hydrogen) atoms. The van der Waals surface area contributed by atoms with Crippen molar-refractivity contribution >= 4 is 0 Å². The van der Waals surface area contributed by atoms with Gasteiger partial charge in [0.2, 0.25) is 0 Å². The zero-order chi connectivity index (χ0) is 12.2. The van der Waals surface area contributed by atoms with Crippen LogP contribution in [0.25, 0.3) is 22.6 Å². The molecule has 0 aliphatic carbocycles. The van der Waals surface area contributed by atoms with Crippen LogP contribution in [0, 0.1) is 0 Å². The number of aromatic nitrogens is 3. The van der Waals surface area contributed by atoms with Crippen molar-refractivity contribution in [1.29, 1.82) is 0 Å². The lowest BCUT2D eigenvalue weighted by atomic mass is 10.2.